The number of aryl methyl sites for hydroxylation is 2. The van der Waals surface area contributed by atoms with Crippen molar-refractivity contribution in [3.63, 3.8) is 0 Å². The highest BCUT2D eigenvalue weighted by molar-refractivity contribution is 5.66. The monoisotopic (exact) mass is 210 g/mol. The van der Waals surface area contributed by atoms with Crippen LogP contribution in [-0.2, 0) is 11.2 Å². The molecule has 4 heteroatoms. The lowest BCUT2D eigenvalue weighted by atomic mass is 10.0. The zero-order valence-corrected chi connectivity index (χ0v) is 8.53. The maximum absolute atomic E-state index is 10.3. The van der Waals surface area contributed by atoms with Gasteiger partial charge in [-0.25, -0.2) is 0 Å². The lowest BCUT2D eigenvalue weighted by Gasteiger charge is -2.07. The maximum atomic E-state index is 10.3. The number of phenolic OH excluding ortho intramolecular Hbond substituents is 2. The van der Waals surface area contributed by atoms with Crippen molar-refractivity contribution in [2.45, 2.75) is 26.2 Å². The van der Waals surface area contributed by atoms with Crippen LogP contribution in [0.5, 0.6) is 11.5 Å². The molecule has 1 aromatic rings. The third kappa shape index (κ3) is 3.16. The van der Waals surface area contributed by atoms with Gasteiger partial charge in [0.15, 0.2) is 11.5 Å². The van der Waals surface area contributed by atoms with Crippen LogP contribution in [0.2, 0.25) is 0 Å². The molecule has 0 radical (unpaired) electrons. The third-order valence-electron chi connectivity index (χ3n) is 2.27. The van der Waals surface area contributed by atoms with E-state index >= 15 is 0 Å². The van der Waals surface area contributed by atoms with Crippen molar-refractivity contribution in [2.24, 2.45) is 0 Å². The van der Waals surface area contributed by atoms with Gasteiger partial charge in [-0.1, -0.05) is 0 Å². The highest BCUT2D eigenvalue weighted by Gasteiger charge is 2.06. The molecule has 0 saturated heterocycles. The first-order chi connectivity index (χ1) is 7.00. The summed E-state index contributed by atoms with van der Waals surface area (Å²) in [6.07, 6.45) is 1.23. The summed E-state index contributed by atoms with van der Waals surface area (Å²) in [6, 6.07) is 2.96. The number of phenols is 2. The molecule has 0 bridgehead atoms. The lowest BCUT2D eigenvalue weighted by Crippen LogP contribution is -1.97. The SMILES string of the molecule is Cc1cc(O)c(O)cc1CCCC(=O)O. The Morgan fingerprint density at radius 3 is 2.47 bits per heavy atom. The molecule has 1 aromatic carbocycles. The minimum Gasteiger partial charge on any atom is -0.504 e. The van der Waals surface area contributed by atoms with E-state index in [2.05, 4.69) is 0 Å². The summed E-state index contributed by atoms with van der Waals surface area (Å²) in [5.74, 6) is -1.13. The number of aromatic hydroxyl groups is 2. The molecule has 0 heterocycles. The fraction of sp³-hybridized carbons (Fsp3) is 0.364. The predicted octanol–water partition coefficient (Wildman–Crippen LogP) is 1.81. The maximum Gasteiger partial charge on any atom is 0.303 e. The molecule has 4 nitrogen and oxygen atoms in total. The number of carboxylic acid groups (broad SMARTS) is 1. The van der Waals surface area contributed by atoms with Crippen LogP contribution in [0.1, 0.15) is 24.0 Å². The Balaban J connectivity index is 2.69. The highest BCUT2D eigenvalue weighted by atomic mass is 16.4. The van der Waals surface area contributed by atoms with Crippen molar-refractivity contribution < 1.29 is 20.1 Å². The van der Waals surface area contributed by atoms with Gasteiger partial charge in [-0.15, -0.1) is 0 Å². The first-order valence-corrected chi connectivity index (χ1v) is 4.74. The van der Waals surface area contributed by atoms with Crippen molar-refractivity contribution in [1.82, 2.24) is 0 Å². The molecule has 0 amide bonds. The summed E-state index contributed by atoms with van der Waals surface area (Å²) in [7, 11) is 0. The van der Waals surface area contributed by atoms with Crippen LogP contribution >= 0.6 is 0 Å². The van der Waals surface area contributed by atoms with E-state index < -0.39 is 5.97 Å². The molecule has 0 aliphatic heterocycles. The summed E-state index contributed by atoms with van der Waals surface area (Å²) >= 11 is 0. The Bertz CT molecular complexity index is 371. The number of carboxylic acids is 1. The summed E-state index contributed by atoms with van der Waals surface area (Å²) in [5, 5.41) is 26.9. The van der Waals surface area contributed by atoms with E-state index in [9.17, 15) is 15.0 Å². The Hall–Kier alpha value is -1.71. The van der Waals surface area contributed by atoms with Crippen LogP contribution in [0.4, 0.5) is 0 Å². The fourth-order valence-corrected chi connectivity index (χ4v) is 1.42. The van der Waals surface area contributed by atoms with E-state index in [4.69, 9.17) is 5.11 Å². The molecule has 0 fully saturated rings. The molecule has 1 rings (SSSR count). The van der Waals surface area contributed by atoms with Crippen molar-refractivity contribution in [3.05, 3.63) is 23.3 Å². The Morgan fingerprint density at radius 1 is 1.27 bits per heavy atom. The van der Waals surface area contributed by atoms with Gasteiger partial charge in [-0.2, -0.15) is 0 Å². The van der Waals surface area contributed by atoms with Gasteiger partial charge < -0.3 is 15.3 Å². The van der Waals surface area contributed by atoms with Crippen LogP contribution in [0.15, 0.2) is 12.1 Å². The molecule has 82 valence electrons. The van der Waals surface area contributed by atoms with Crippen LogP contribution in [0, 0.1) is 6.92 Å². The molecule has 3 N–H and O–H groups in total. The minimum atomic E-state index is -0.823. The Morgan fingerprint density at radius 2 is 1.87 bits per heavy atom. The summed E-state index contributed by atoms with van der Waals surface area (Å²) < 4.78 is 0. The topological polar surface area (TPSA) is 77.8 Å². The molecule has 15 heavy (non-hydrogen) atoms. The zero-order valence-electron chi connectivity index (χ0n) is 8.53. The number of benzene rings is 1. The second-order valence-electron chi connectivity index (χ2n) is 3.51. The van der Waals surface area contributed by atoms with Gasteiger partial charge in [-0.05, 0) is 43.0 Å². The van der Waals surface area contributed by atoms with E-state index in [1.165, 1.54) is 12.1 Å². The number of hydrogen-bond donors (Lipinski definition) is 3. The number of aliphatic carboxylic acids is 1. The van der Waals surface area contributed by atoms with Crippen LogP contribution in [0.3, 0.4) is 0 Å². The molecule has 0 spiro atoms. The van der Waals surface area contributed by atoms with E-state index in [0.717, 1.165) is 11.1 Å². The summed E-state index contributed by atoms with van der Waals surface area (Å²) in [5.41, 5.74) is 1.72. The third-order valence-corrected chi connectivity index (χ3v) is 2.27. The number of hydrogen-bond acceptors (Lipinski definition) is 3. The van der Waals surface area contributed by atoms with E-state index in [0.29, 0.717) is 12.8 Å². The van der Waals surface area contributed by atoms with Gasteiger partial charge in [0.25, 0.3) is 0 Å². The standard InChI is InChI=1S/C11H14O4/c1-7-5-9(12)10(13)6-8(7)3-2-4-11(14)15/h5-6,12-13H,2-4H2,1H3,(H,14,15). The molecule has 0 unspecified atom stereocenters. The van der Waals surface area contributed by atoms with Crippen molar-refractivity contribution in [3.8, 4) is 11.5 Å². The van der Waals surface area contributed by atoms with Gasteiger partial charge in [0.2, 0.25) is 0 Å². The average Bonchev–Trinajstić information content (AvgIpc) is 2.13. The van der Waals surface area contributed by atoms with Crippen molar-refractivity contribution in [1.29, 1.82) is 0 Å². The van der Waals surface area contributed by atoms with E-state index in [1.807, 2.05) is 6.92 Å². The van der Waals surface area contributed by atoms with Gasteiger partial charge in [0, 0.05) is 6.42 Å². The fourth-order valence-electron chi connectivity index (χ4n) is 1.42. The Kier molecular flexibility index (Phi) is 3.55. The first-order valence-electron chi connectivity index (χ1n) is 4.74. The van der Waals surface area contributed by atoms with Gasteiger partial charge in [-0.3, -0.25) is 4.79 Å². The Labute approximate surface area is 87.8 Å². The predicted molar refractivity (Wildman–Crippen MR) is 55.1 cm³/mol. The molecule has 0 saturated carbocycles. The highest BCUT2D eigenvalue weighted by Crippen LogP contribution is 2.28. The second-order valence-corrected chi connectivity index (χ2v) is 3.51. The summed E-state index contributed by atoms with van der Waals surface area (Å²) in [4.78, 5) is 10.3. The molecule has 0 aliphatic rings. The quantitative estimate of drug-likeness (QED) is 0.662. The van der Waals surface area contributed by atoms with Crippen molar-refractivity contribution in [2.75, 3.05) is 0 Å². The zero-order chi connectivity index (χ0) is 11.4. The molecule has 0 aromatic heterocycles. The van der Waals surface area contributed by atoms with Crippen molar-refractivity contribution >= 4 is 5.97 Å². The van der Waals surface area contributed by atoms with Crippen LogP contribution < -0.4 is 0 Å². The molecule has 0 aliphatic carbocycles. The molecule has 0 atom stereocenters. The lowest BCUT2D eigenvalue weighted by molar-refractivity contribution is -0.137. The number of rotatable bonds is 4. The molecular formula is C11H14O4. The van der Waals surface area contributed by atoms with E-state index in [1.54, 1.807) is 0 Å². The van der Waals surface area contributed by atoms with Gasteiger partial charge >= 0.3 is 5.97 Å². The summed E-state index contributed by atoms with van der Waals surface area (Å²) in [6.45, 7) is 1.81. The second kappa shape index (κ2) is 4.68. The van der Waals surface area contributed by atoms with Gasteiger partial charge in [0.1, 0.15) is 0 Å². The largest absolute Gasteiger partial charge is 0.504 e. The average molecular weight is 210 g/mol. The molecular weight excluding hydrogens is 196 g/mol. The van der Waals surface area contributed by atoms with Gasteiger partial charge in [0.05, 0.1) is 0 Å². The number of carbonyl (C=O) groups is 1. The van der Waals surface area contributed by atoms with Crippen LogP contribution in [-0.4, -0.2) is 21.3 Å². The normalized spacial score (nSPS) is 10.2. The smallest absolute Gasteiger partial charge is 0.303 e. The van der Waals surface area contributed by atoms with E-state index in [-0.39, 0.29) is 17.9 Å². The first kappa shape index (κ1) is 11.4. The van der Waals surface area contributed by atoms with Crippen LogP contribution in [0.25, 0.3) is 0 Å². The minimum absolute atomic E-state index is 0.112.